The summed E-state index contributed by atoms with van der Waals surface area (Å²) in [5.41, 5.74) is 5.85. The Morgan fingerprint density at radius 1 is 1.00 bits per heavy atom. The second kappa shape index (κ2) is 15.4. The summed E-state index contributed by atoms with van der Waals surface area (Å²) in [4.78, 5) is 64.9. The molecule has 2 aliphatic rings. The summed E-state index contributed by atoms with van der Waals surface area (Å²) in [6.45, 7) is 4.45. The number of nitrogens with zero attached hydrogens (tertiary/aromatic N) is 3. The molecule has 4 aromatic rings. The molecule has 0 spiro atoms. The van der Waals surface area contributed by atoms with Gasteiger partial charge in [0.15, 0.2) is 10.8 Å². The Bertz CT molecular complexity index is 1890. The fraction of sp³-hybridized carbons (Fsp3) is 0.263. The van der Waals surface area contributed by atoms with Crippen molar-refractivity contribution in [2.24, 2.45) is 10.6 Å². The predicted molar refractivity (Wildman–Crippen MR) is 198 cm³/mol. The number of nitrogens with two attached hydrogens (primary N) is 1. The molecule has 3 unspecified atom stereocenters. The Labute approximate surface area is 309 Å². The highest BCUT2D eigenvalue weighted by Crippen LogP contribution is 2.44. The number of hydrogen-bond donors (Lipinski definition) is 2. The normalized spacial score (nSPS) is 20.7. The van der Waals surface area contributed by atoms with Crippen molar-refractivity contribution in [1.29, 1.82) is 0 Å². The lowest BCUT2D eigenvalue weighted by molar-refractivity contribution is -0.189. The number of nitrogens with one attached hydrogen (secondary N) is 1. The maximum atomic E-state index is 14.1. The number of amides is 2. The molecule has 0 bridgehead atoms. The molecule has 3 N–H and O–H groups in total. The predicted octanol–water partition coefficient (Wildman–Crippen LogP) is 4.85. The van der Waals surface area contributed by atoms with Gasteiger partial charge in [-0.25, -0.2) is 4.98 Å². The largest absolute Gasteiger partial charge is 0.426 e. The van der Waals surface area contributed by atoms with Crippen molar-refractivity contribution in [3.63, 3.8) is 0 Å². The highest BCUT2D eigenvalue weighted by Gasteiger charge is 2.57. The molecule has 6 rings (SSSR count). The van der Waals surface area contributed by atoms with Gasteiger partial charge in [-0.2, -0.15) is 0 Å². The van der Waals surface area contributed by atoms with E-state index in [9.17, 15) is 19.2 Å². The van der Waals surface area contributed by atoms with E-state index in [1.54, 1.807) is 24.5 Å². The van der Waals surface area contributed by atoms with Gasteiger partial charge < -0.3 is 30.3 Å². The fourth-order valence-electron chi connectivity index (χ4n) is 6.33. The molecule has 268 valence electrons. The van der Waals surface area contributed by atoms with Gasteiger partial charge >= 0.3 is 11.9 Å². The maximum Gasteiger partial charge on any atom is 0.321 e. The first-order chi connectivity index (χ1) is 25.1. The first-order valence-corrected chi connectivity index (χ1v) is 18.4. The molecule has 2 amide bonds. The van der Waals surface area contributed by atoms with Gasteiger partial charge in [0.25, 0.3) is 5.91 Å². The van der Waals surface area contributed by atoms with Crippen LogP contribution in [0, 0.1) is 5.41 Å². The van der Waals surface area contributed by atoms with Gasteiger partial charge in [-0.15, -0.1) is 23.1 Å². The van der Waals surface area contributed by atoms with E-state index >= 15 is 0 Å². The lowest BCUT2D eigenvalue weighted by atomic mass is 9.80. The van der Waals surface area contributed by atoms with Crippen molar-refractivity contribution in [2.75, 3.05) is 18.0 Å². The van der Waals surface area contributed by atoms with Crippen LogP contribution in [0.4, 0.5) is 5.13 Å². The molecular weight excluding hydrogens is 703 g/mol. The zero-order chi connectivity index (χ0) is 36.9. The van der Waals surface area contributed by atoms with E-state index in [0.29, 0.717) is 0 Å². The van der Waals surface area contributed by atoms with Gasteiger partial charge in [-0.3, -0.25) is 19.2 Å². The average Bonchev–Trinajstić information content (AvgIpc) is 3.58. The lowest BCUT2D eigenvalue weighted by Gasteiger charge is -2.53. The number of oxime groups is 1. The topological polar surface area (TPSA) is 163 Å². The van der Waals surface area contributed by atoms with Gasteiger partial charge in [0.05, 0.1) is 0 Å². The Morgan fingerprint density at radius 2 is 1.58 bits per heavy atom. The number of hydrogen-bond acceptors (Lipinski definition) is 12. The summed E-state index contributed by atoms with van der Waals surface area (Å²) in [7, 11) is 0. The molecule has 2 fully saturated rings. The van der Waals surface area contributed by atoms with Gasteiger partial charge in [-0.1, -0.05) is 108 Å². The molecule has 14 heteroatoms. The van der Waals surface area contributed by atoms with E-state index in [1.165, 1.54) is 30.5 Å². The van der Waals surface area contributed by atoms with Crippen LogP contribution in [-0.4, -0.2) is 69.4 Å². The third kappa shape index (κ3) is 7.16. The molecule has 12 nitrogen and oxygen atoms in total. The highest BCUT2D eigenvalue weighted by molar-refractivity contribution is 8.00. The average molecular weight is 740 g/mol. The van der Waals surface area contributed by atoms with Gasteiger partial charge in [0, 0.05) is 48.2 Å². The van der Waals surface area contributed by atoms with Crippen LogP contribution in [0.15, 0.2) is 114 Å². The Kier molecular flexibility index (Phi) is 10.8. The zero-order valence-electron chi connectivity index (χ0n) is 28.6. The number of β-lactam (4-membered cyclic amide) rings is 1. The molecule has 2 aliphatic heterocycles. The number of fused-ring (bicyclic) bond motifs is 1. The van der Waals surface area contributed by atoms with Crippen LogP contribution >= 0.6 is 23.1 Å². The van der Waals surface area contributed by atoms with Crippen molar-refractivity contribution in [3.05, 3.63) is 131 Å². The smallest absolute Gasteiger partial charge is 0.321 e. The summed E-state index contributed by atoms with van der Waals surface area (Å²) in [6, 6.07) is 27.8. The Morgan fingerprint density at radius 3 is 2.08 bits per heavy atom. The van der Waals surface area contributed by atoms with Crippen LogP contribution in [0.3, 0.4) is 0 Å². The van der Waals surface area contributed by atoms with E-state index in [-0.39, 0.29) is 34.7 Å². The van der Waals surface area contributed by atoms with Gasteiger partial charge in [0.2, 0.25) is 17.8 Å². The summed E-state index contributed by atoms with van der Waals surface area (Å²) in [6.07, 6.45) is 2.30. The van der Waals surface area contributed by atoms with Crippen molar-refractivity contribution >= 4 is 57.7 Å². The second-order valence-electron chi connectivity index (χ2n) is 12.2. The maximum absolute atomic E-state index is 14.1. The molecule has 0 aliphatic carbocycles. The van der Waals surface area contributed by atoms with Crippen molar-refractivity contribution in [3.8, 4) is 0 Å². The fourth-order valence-corrected chi connectivity index (χ4v) is 8.39. The quantitative estimate of drug-likeness (QED) is 0.0391. The molecule has 3 aromatic carbocycles. The van der Waals surface area contributed by atoms with Crippen LogP contribution in [0.1, 0.15) is 43.2 Å². The van der Waals surface area contributed by atoms with E-state index in [0.717, 1.165) is 28.0 Å². The summed E-state index contributed by atoms with van der Waals surface area (Å²) in [5.74, 6) is -2.03. The minimum atomic E-state index is -1.28. The van der Waals surface area contributed by atoms with Gasteiger partial charge in [-0.05, 0) is 6.92 Å². The summed E-state index contributed by atoms with van der Waals surface area (Å²) < 4.78 is 10.4. The number of carbonyl (C=O) groups excluding carboxylic acids is 4. The SMILES string of the molecule is CC=CC1(C(=O)OC(C)OC(C)=O)CS[C@@H]2C(NC(=O)C(=NOC(c3ccccc3)(c3ccccc3)c3ccccc3)c3csc(N)n3)C(=O)N2C1. The molecule has 2 saturated heterocycles. The molecule has 0 saturated carbocycles. The third-order valence-electron chi connectivity index (χ3n) is 8.68. The lowest BCUT2D eigenvalue weighted by Crippen LogP contribution is -2.74. The van der Waals surface area contributed by atoms with Crippen molar-refractivity contribution in [2.45, 2.75) is 44.1 Å². The van der Waals surface area contributed by atoms with Gasteiger partial charge in [0.1, 0.15) is 22.5 Å². The van der Waals surface area contributed by atoms with Crippen LogP contribution in [0.25, 0.3) is 0 Å². The van der Waals surface area contributed by atoms with Crippen LogP contribution in [-0.2, 0) is 39.1 Å². The molecule has 0 radical (unpaired) electrons. The number of ether oxygens (including phenoxy) is 2. The molecule has 4 atom stereocenters. The number of benzene rings is 3. The molecular formula is C38H37N5O7S2. The van der Waals surface area contributed by atoms with Crippen LogP contribution < -0.4 is 11.1 Å². The van der Waals surface area contributed by atoms with E-state index < -0.39 is 46.6 Å². The number of thioether (sulfide) groups is 1. The number of thiazole rings is 1. The van der Waals surface area contributed by atoms with Crippen molar-refractivity contribution in [1.82, 2.24) is 15.2 Å². The highest BCUT2D eigenvalue weighted by atomic mass is 32.2. The number of nitrogen functional groups attached to an aromatic ring is 1. The first-order valence-electron chi connectivity index (χ1n) is 16.5. The zero-order valence-corrected chi connectivity index (χ0v) is 30.3. The number of rotatable bonds is 12. The monoisotopic (exact) mass is 739 g/mol. The van der Waals surface area contributed by atoms with Crippen LogP contribution in [0.2, 0.25) is 0 Å². The number of esters is 2. The standard InChI is InChI=1S/C38H37N5O7S2/c1-4-20-37(35(47)49-25(3)48-24(2)44)22-43-33(46)31(34(43)52-23-37)41-32(45)30(29-21-51-36(39)40-29)42-50-38(26-14-8-5-9-15-26,27-16-10-6-11-17-27)28-18-12-7-13-19-28/h4-21,25,31,34H,22-23H2,1-3H3,(H2,39,40)(H,41,45)/t25?,31?,34-,37?/m1/s1. The number of allylic oxidation sites excluding steroid dienone is 1. The van der Waals surface area contributed by atoms with E-state index in [1.807, 2.05) is 91.0 Å². The van der Waals surface area contributed by atoms with E-state index in [2.05, 4.69) is 15.5 Å². The van der Waals surface area contributed by atoms with E-state index in [4.69, 9.17) is 20.0 Å². The molecule has 1 aromatic heterocycles. The Balaban J connectivity index is 1.29. The first kappa shape index (κ1) is 36.3. The minimum absolute atomic E-state index is 0.0201. The van der Waals surface area contributed by atoms with Crippen LogP contribution in [0.5, 0.6) is 0 Å². The molecule has 52 heavy (non-hydrogen) atoms. The molecule has 3 heterocycles. The van der Waals surface area contributed by atoms with Crippen molar-refractivity contribution < 1.29 is 33.5 Å². The Hall–Kier alpha value is -5.47. The summed E-state index contributed by atoms with van der Waals surface area (Å²) >= 11 is 2.47. The number of aromatic nitrogens is 1. The summed E-state index contributed by atoms with van der Waals surface area (Å²) in [5, 5.41) is 8.72. The minimum Gasteiger partial charge on any atom is -0.426 e. The number of anilines is 1. The number of carbonyl (C=O) groups is 4. The third-order valence-corrected chi connectivity index (χ3v) is 10.9. The second-order valence-corrected chi connectivity index (χ2v) is 14.2.